The first-order valence-electron chi connectivity index (χ1n) is 4.07. The average Bonchev–Trinajstić information content (AvgIpc) is 2.51. The van der Waals surface area contributed by atoms with Crippen molar-refractivity contribution in [3.05, 3.63) is 17.5 Å². The standard InChI is InChI=1S/C8H13N3O2/c1-5-4-10-13-7(5)8(12)11-6(2)3-9/h4,6H,3,9H2,1-2H3,(H,11,12). The number of nitrogens with two attached hydrogens (primary N) is 1. The van der Waals surface area contributed by atoms with Crippen LogP contribution in [0, 0.1) is 6.92 Å². The van der Waals surface area contributed by atoms with Gasteiger partial charge in [-0.15, -0.1) is 0 Å². The molecule has 5 heteroatoms. The number of nitrogens with one attached hydrogen (secondary N) is 1. The molecule has 0 radical (unpaired) electrons. The van der Waals surface area contributed by atoms with Gasteiger partial charge in [0, 0.05) is 18.2 Å². The molecule has 1 aromatic rings. The normalized spacial score (nSPS) is 12.5. The Balaban J connectivity index is 2.64. The number of aryl methyl sites for hydroxylation is 1. The van der Waals surface area contributed by atoms with Crippen LogP contribution in [-0.2, 0) is 0 Å². The highest BCUT2D eigenvalue weighted by atomic mass is 16.5. The molecular weight excluding hydrogens is 170 g/mol. The van der Waals surface area contributed by atoms with E-state index in [9.17, 15) is 4.79 Å². The first-order chi connectivity index (χ1) is 6.15. The van der Waals surface area contributed by atoms with E-state index in [2.05, 4.69) is 10.5 Å². The van der Waals surface area contributed by atoms with Crippen molar-refractivity contribution in [3.63, 3.8) is 0 Å². The van der Waals surface area contributed by atoms with Crippen molar-refractivity contribution in [1.82, 2.24) is 10.5 Å². The predicted molar refractivity (Wildman–Crippen MR) is 47.2 cm³/mol. The van der Waals surface area contributed by atoms with E-state index < -0.39 is 0 Å². The van der Waals surface area contributed by atoms with Crippen LogP contribution in [0.15, 0.2) is 10.7 Å². The van der Waals surface area contributed by atoms with Crippen LogP contribution in [0.5, 0.6) is 0 Å². The summed E-state index contributed by atoms with van der Waals surface area (Å²) < 4.78 is 4.77. The Morgan fingerprint density at radius 2 is 2.54 bits per heavy atom. The molecule has 3 N–H and O–H groups in total. The van der Waals surface area contributed by atoms with E-state index in [1.807, 2.05) is 6.92 Å². The van der Waals surface area contributed by atoms with Gasteiger partial charge in [-0.25, -0.2) is 0 Å². The Labute approximate surface area is 76.3 Å². The summed E-state index contributed by atoms with van der Waals surface area (Å²) in [5.41, 5.74) is 6.07. The zero-order valence-corrected chi connectivity index (χ0v) is 7.70. The molecule has 0 aliphatic rings. The van der Waals surface area contributed by atoms with Gasteiger partial charge in [-0.2, -0.15) is 0 Å². The van der Waals surface area contributed by atoms with E-state index in [1.165, 1.54) is 6.20 Å². The van der Waals surface area contributed by atoms with Gasteiger partial charge < -0.3 is 15.6 Å². The number of amides is 1. The summed E-state index contributed by atoms with van der Waals surface area (Å²) in [6.07, 6.45) is 1.50. The molecule has 5 nitrogen and oxygen atoms in total. The van der Waals surface area contributed by atoms with Gasteiger partial charge in [0.2, 0.25) is 5.76 Å². The Morgan fingerprint density at radius 3 is 3.00 bits per heavy atom. The molecule has 1 atom stereocenters. The summed E-state index contributed by atoms with van der Waals surface area (Å²) in [5, 5.41) is 6.18. The van der Waals surface area contributed by atoms with E-state index >= 15 is 0 Å². The number of hydrogen-bond acceptors (Lipinski definition) is 4. The summed E-state index contributed by atoms with van der Waals surface area (Å²) in [7, 11) is 0. The zero-order valence-electron chi connectivity index (χ0n) is 7.70. The second kappa shape index (κ2) is 4.04. The number of rotatable bonds is 3. The molecule has 13 heavy (non-hydrogen) atoms. The lowest BCUT2D eigenvalue weighted by Crippen LogP contribution is -2.37. The number of carbonyl (C=O) groups is 1. The molecule has 0 saturated heterocycles. The highest BCUT2D eigenvalue weighted by Gasteiger charge is 2.15. The van der Waals surface area contributed by atoms with Gasteiger partial charge in [-0.05, 0) is 13.8 Å². The summed E-state index contributed by atoms with van der Waals surface area (Å²) in [6.45, 7) is 3.99. The molecule has 0 spiro atoms. The van der Waals surface area contributed by atoms with E-state index in [-0.39, 0.29) is 17.7 Å². The molecule has 0 aliphatic carbocycles. The first kappa shape index (κ1) is 9.73. The average molecular weight is 183 g/mol. The lowest BCUT2D eigenvalue weighted by molar-refractivity contribution is 0.0903. The lowest BCUT2D eigenvalue weighted by Gasteiger charge is -2.09. The van der Waals surface area contributed by atoms with Crippen molar-refractivity contribution in [2.45, 2.75) is 19.9 Å². The maximum atomic E-state index is 11.4. The summed E-state index contributed by atoms with van der Waals surface area (Å²) >= 11 is 0. The van der Waals surface area contributed by atoms with Crippen LogP contribution in [0.25, 0.3) is 0 Å². The van der Waals surface area contributed by atoms with Crippen LogP contribution in [-0.4, -0.2) is 23.7 Å². The molecule has 1 aromatic heterocycles. The molecule has 0 saturated carbocycles. The van der Waals surface area contributed by atoms with Gasteiger partial charge in [-0.3, -0.25) is 4.79 Å². The Morgan fingerprint density at radius 1 is 1.85 bits per heavy atom. The van der Waals surface area contributed by atoms with Crippen LogP contribution in [0.1, 0.15) is 23.0 Å². The molecule has 1 amide bonds. The highest BCUT2D eigenvalue weighted by molar-refractivity contribution is 5.92. The van der Waals surface area contributed by atoms with E-state index in [1.54, 1.807) is 6.92 Å². The molecule has 0 aliphatic heterocycles. The molecule has 1 rings (SSSR count). The van der Waals surface area contributed by atoms with Crippen LogP contribution in [0.3, 0.4) is 0 Å². The van der Waals surface area contributed by atoms with Gasteiger partial charge in [0.05, 0.1) is 6.20 Å². The van der Waals surface area contributed by atoms with Crippen LogP contribution in [0.4, 0.5) is 0 Å². The van der Waals surface area contributed by atoms with Crippen molar-refractivity contribution in [3.8, 4) is 0 Å². The van der Waals surface area contributed by atoms with E-state index in [0.29, 0.717) is 6.54 Å². The van der Waals surface area contributed by atoms with Crippen molar-refractivity contribution in [2.75, 3.05) is 6.54 Å². The van der Waals surface area contributed by atoms with Gasteiger partial charge in [0.1, 0.15) is 0 Å². The fourth-order valence-corrected chi connectivity index (χ4v) is 0.858. The molecule has 0 aromatic carbocycles. The van der Waals surface area contributed by atoms with Crippen LogP contribution in [0.2, 0.25) is 0 Å². The van der Waals surface area contributed by atoms with Crippen molar-refractivity contribution in [2.24, 2.45) is 5.73 Å². The Bertz CT molecular complexity index is 295. The molecule has 0 bridgehead atoms. The fraction of sp³-hybridized carbons (Fsp3) is 0.500. The van der Waals surface area contributed by atoms with E-state index in [4.69, 9.17) is 10.3 Å². The topological polar surface area (TPSA) is 81.2 Å². The minimum atomic E-state index is -0.270. The molecule has 72 valence electrons. The summed E-state index contributed by atoms with van der Waals surface area (Å²) in [4.78, 5) is 11.4. The minimum absolute atomic E-state index is 0.0583. The second-order valence-corrected chi connectivity index (χ2v) is 2.95. The first-order valence-corrected chi connectivity index (χ1v) is 4.07. The minimum Gasteiger partial charge on any atom is -0.351 e. The van der Waals surface area contributed by atoms with Gasteiger partial charge in [0.25, 0.3) is 5.91 Å². The van der Waals surface area contributed by atoms with Crippen molar-refractivity contribution < 1.29 is 9.32 Å². The summed E-state index contributed by atoms with van der Waals surface area (Å²) in [5.74, 6) is -0.0201. The maximum Gasteiger partial charge on any atom is 0.290 e. The highest BCUT2D eigenvalue weighted by Crippen LogP contribution is 2.05. The Kier molecular flexibility index (Phi) is 3.02. The van der Waals surface area contributed by atoms with Gasteiger partial charge >= 0.3 is 0 Å². The number of aromatic nitrogens is 1. The number of nitrogens with zero attached hydrogens (tertiary/aromatic N) is 1. The van der Waals surface area contributed by atoms with Crippen LogP contribution < -0.4 is 11.1 Å². The van der Waals surface area contributed by atoms with Crippen molar-refractivity contribution in [1.29, 1.82) is 0 Å². The third kappa shape index (κ3) is 2.29. The molecular formula is C8H13N3O2. The summed E-state index contributed by atoms with van der Waals surface area (Å²) in [6, 6.07) is -0.0583. The smallest absolute Gasteiger partial charge is 0.290 e. The molecule has 0 fully saturated rings. The van der Waals surface area contributed by atoms with Gasteiger partial charge in [0.15, 0.2) is 0 Å². The third-order valence-corrected chi connectivity index (χ3v) is 1.69. The van der Waals surface area contributed by atoms with Crippen molar-refractivity contribution >= 4 is 5.91 Å². The zero-order chi connectivity index (χ0) is 9.84. The molecule has 1 heterocycles. The molecule has 1 unspecified atom stereocenters. The quantitative estimate of drug-likeness (QED) is 0.694. The second-order valence-electron chi connectivity index (χ2n) is 2.95. The third-order valence-electron chi connectivity index (χ3n) is 1.69. The predicted octanol–water partition coefficient (Wildman–Crippen LogP) is 0.0600. The Hall–Kier alpha value is -1.36. The van der Waals surface area contributed by atoms with Crippen LogP contribution >= 0.6 is 0 Å². The monoisotopic (exact) mass is 183 g/mol. The lowest BCUT2D eigenvalue weighted by atomic mass is 10.2. The van der Waals surface area contributed by atoms with Gasteiger partial charge in [-0.1, -0.05) is 5.16 Å². The maximum absolute atomic E-state index is 11.4. The SMILES string of the molecule is Cc1cnoc1C(=O)NC(C)CN. The number of carbonyl (C=O) groups excluding carboxylic acids is 1. The fourth-order valence-electron chi connectivity index (χ4n) is 0.858. The van der Waals surface area contributed by atoms with E-state index in [0.717, 1.165) is 5.56 Å². The number of hydrogen-bond donors (Lipinski definition) is 2. The largest absolute Gasteiger partial charge is 0.351 e.